The van der Waals surface area contributed by atoms with Crippen LogP contribution in [0.1, 0.15) is 41.6 Å². The Morgan fingerprint density at radius 1 is 1.29 bits per heavy atom. The fourth-order valence-corrected chi connectivity index (χ4v) is 3.30. The molecule has 5 heteroatoms. The summed E-state index contributed by atoms with van der Waals surface area (Å²) in [5.41, 5.74) is 2.05. The largest absolute Gasteiger partial charge is 0.481 e. The number of hydrogen-bond acceptors (Lipinski definition) is 3. The topological polar surface area (TPSA) is 78.4 Å². The lowest BCUT2D eigenvalue weighted by Crippen LogP contribution is -2.41. The standard InChI is InChI=1S/C16H20N2O3/c19-14(12-4-3-11-5-8-17-13(11)9-12)18-10-16(15(20)21)6-1-2-7-16/h3-4,9,17H,1-2,5-8,10H2,(H,18,19)(H,20,21). The third kappa shape index (κ3) is 2.60. The highest BCUT2D eigenvalue weighted by molar-refractivity contribution is 5.95. The van der Waals surface area contributed by atoms with Gasteiger partial charge in [0, 0.05) is 24.3 Å². The monoisotopic (exact) mass is 288 g/mol. The fraction of sp³-hybridized carbons (Fsp3) is 0.500. The van der Waals surface area contributed by atoms with Gasteiger partial charge in [-0.05, 0) is 37.0 Å². The predicted octanol–water partition coefficient (Wildman–Crippen LogP) is 2.03. The van der Waals surface area contributed by atoms with Crippen LogP contribution in [0.2, 0.25) is 0 Å². The molecule has 0 bridgehead atoms. The lowest BCUT2D eigenvalue weighted by atomic mass is 9.86. The number of rotatable bonds is 4. The van der Waals surface area contributed by atoms with Crippen molar-refractivity contribution in [3.8, 4) is 0 Å². The number of benzene rings is 1. The molecule has 2 aliphatic rings. The van der Waals surface area contributed by atoms with Crippen LogP contribution in [-0.2, 0) is 11.2 Å². The number of anilines is 1. The van der Waals surface area contributed by atoms with E-state index in [-0.39, 0.29) is 12.5 Å². The average molecular weight is 288 g/mol. The molecule has 3 rings (SSSR count). The van der Waals surface area contributed by atoms with E-state index in [4.69, 9.17) is 0 Å². The molecular formula is C16H20N2O3. The smallest absolute Gasteiger partial charge is 0.311 e. The van der Waals surface area contributed by atoms with E-state index in [1.807, 2.05) is 18.2 Å². The number of carboxylic acids is 1. The van der Waals surface area contributed by atoms with Gasteiger partial charge in [0.15, 0.2) is 0 Å². The maximum absolute atomic E-state index is 12.2. The molecule has 1 saturated carbocycles. The van der Waals surface area contributed by atoms with E-state index < -0.39 is 11.4 Å². The number of hydrogen-bond donors (Lipinski definition) is 3. The molecular weight excluding hydrogens is 268 g/mol. The van der Waals surface area contributed by atoms with Crippen molar-refractivity contribution in [1.82, 2.24) is 5.32 Å². The maximum Gasteiger partial charge on any atom is 0.311 e. The molecule has 1 aliphatic carbocycles. The van der Waals surface area contributed by atoms with Gasteiger partial charge in [-0.2, -0.15) is 0 Å². The van der Waals surface area contributed by atoms with Gasteiger partial charge >= 0.3 is 5.97 Å². The lowest BCUT2D eigenvalue weighted by molar-refractivity contribution is -0.148. The van der Waals surface area contributed by atoms with E-state index in [2.05, 4.69) is 10.6 Å². The normalized spacial score (nSPS) is 18.9. The van der Waals surface area contributed by atoms with Crippen LogP contribution >= 0.6 is 0 Å². The van der Waals surface area contributed by atoms with Crippen LogP contribution in [0, 0.1) is 5.41 Å². The lowest BCUT2D eigenvalue weighted by Gasteiger charge is -2.24. The number of carbonyl (C=O) groups is 2. The first kappa shape index (κ1) is 13.9. The molecule has 0 saturated heterocycles. The van der Waals surface area contributed by atoms with E-state index in [0.717, 1.165) is 31.5 Å². The SMILES string of the molecule is O=C(NCC1(C(=O)O)CCCC1)c1ccc2c(c1)NCC2. The van der Waals surface area contributed by atoms with Gasteiger partial charge in [0.05, 0.1) is 5.41 Å². The number of carboxylic acid groups (broad SMARTS) is 1. The Morgan fingerprint density at radius 3 is 2.76 bits per heavy atom. The second-order valence-corrected chi connectivity index (χ2v) is 6.02. The molecule has 0 aromatic heterocycles. The molecule has 1 aliphatic heterocycles. The van der Waals surface area contributed by atoms with Crippen molar-refractivity contribution >= 4 is 17.6 Å². The van der Waals surface area contributed by atoms with Crippen LogP contribution in [0.15, 0.2) is 18.2 Å². The summed E-state index contributed by atoms with van der Waals surface area (Å²) in [7, 11) is 0. The summed E-state index contributed by atoms with van der Waals surface area (Å²) in [4.78, 5) is 23.7. The predicted molar refractivity (Wildman–Crippen MR) is 79.5 cm³/mol. The Hall–Kier alpha value is -2.04. The minimum absolute atomic E-state index is 0.195. The summed E-state index contributed by atoms with van der Waals surface area (Å²) < 4.78 is 0. The summed E-state index contributed by atoms with van der Waals surface area (Å²) in [6.45, 7) is 1.12. The van der Waals surface area contributed by atoms with Crippen molar-refractivity contribution in [3.05, 3.63) is 29.3 Å². The van der Waals surface area contributed by atoms with E-state index in [0.29, 0.717) is 18.4 Å². The van der Waals surface area contributed by atoms with E-state index in [1.54, 1.807) is 0 Å². The Labute approximate surface area is 123 Å². The zero-order valence-corrected chi connectivity index (χ0v) is 11.9. The molecule has 1 heterocycles. The number of amides is 1. The van der Waals surface area contributed by atoms with Crippen molar-refractivity contribution in [2.24, 2.45) is 5.41 Å². The summed E-state index contributed by atoms with van der Waals surface area (Å²) in [6.07, 6.45) is 4.12. The van der Waals surface area contributed by atoms with Crippen LogP contribution in [0.5, 0.6) is 0 Å². The second kappa shape index (κ2) is 5.39. The van der Waals surface area contributed by atoms with E-state index in [9.17, 15) is 14.7 Å². The Bertz CT molecular complexity index is 577. The minimum atomic E-state index is -0.795. The average Bonchev–Trinajstić information content (AvgIpc) is 3.13. The van der Waals surface area contributed by atoms with Gasteiger partial charge in [-0.15, -0.1) is 0 Å². The third-order valence-electron chi connectivity index (χ3n) is 4.68. The molecule has 21 heavy (non-hydrogen) atoms. The maximum atomic E-state index is 12.2. The molecule has 0 spiro atoms. The molecule has 1 aromatic rings. The van der Waals surface area contributed by atoms with Crippen LogP contribution in [0.4, 0.5) is 5.69 Å². The van der Waals surface area contributed by atoms with Gasteiger partial charge in [0.1, 0.15) is 0 Å². The van der Waals surface area contributed by atoms with Gasteiger partial charge in [-0.25, -0.2) is 0 Å². The highest BCUT2D eigenvalue weighted by atomic mass is 16.4. The number of aliphatic carboxylic acids is 1. The van der Waals surface area contributed by atoms with Crippen LogP contribution in [0.3, 0.4) is 0 Å². The molecule has 0 atom stereocenters. The molecule has 0 unspecified atom stereocenters. The van der Waals surface area contributed by atoms with Gasteiger partial charge < -0.3 is 15.7 Å². The Balaban J connectivity index is 1.68. The fourth-order valence-electron chi connectivity index (χ4n) is 3.30. The zero-order chi connectivity index (χ0) is 14.9. The molecule has 5 nitrogen and oxygen atoms in total. The first-order chi connectivity index (χ1) is 10.1. The summed E-state index contributed by atoms with van der Waals surface area (Å²) >= 11 is 0. The molecule has 112 valence electrons. The highest BCUT2D eigenvalue weighted by Crippen LogP contribution is 2.37. The van der Waals surface area contributed by atoms with E-state index >= 15 is 0 Å². The van der Waals surface area contributed by atoms with Crippen molar-refractivity contribution in [1.29, 1.82) is 0 Å². The zero-order valence-electron chi connectivity index (χ0n) is 11.9. The van der Waals surface area contributed by atoms with Gasteiger partial charge in [0.25, 0.3) is 5.91 Å². The second-order valence-electron chi connectivity index (χ2n) is 6.02. The molecule has 3 N–H and O–H groups in total. The summed E-state index contributed by atoms with van der Waals surface area (Å²) in [5, 5.41) is 15.5. The summed E-state index contributed by atoms with van der Waals surface area (Å²) in [5.74, 6) is -0.991. The van der Waals surface area contributed by atoms with Gasteiger partial charge in [0.2, 0.25) is 0 Å². The first-order valence-corrected chi connectivity index (χ1v) is 7.49. The van der Waals surface area contributed by atoms with Crippen LogP contribution in [-0.4, -0.2) is 30.1 Å². The Morgan fingerprint density at radius 2 is 2.05 bits per heavy atom. The van der Waals surface area contributed by atoms with Crippen molar-refractivity contribution in [2.75, 3.05) is 18.4 Å². The van der Waals surface area contributed by atoms with Crippen LogP contribution in [0.25, 0.3) is 0 Å². The highest BCUT2D eigenvalue weighted by Gasteiger charge is 2.41. The quantitative estimate of drug-likeness (QED) is 0.792. The molecule has 0 radical (unpaired) electrons. The number of nitrogens with one attached hydrogen (secondary N) is 2. The Kier molecular flexibility index (Phi) is 3.57. The number of carbonyl (C=O) groups excluding carboxylic acids is 1. The van der Waals surface area contributed by atoms with Gasteiger partial charge in [-0.3, -0.25) is 9.59 Å². The summed E-state index contributed by atoms with van der Waals surface area (Å²) in [6, 6.07) is 5.62. The molecule has 1 amide bonds. The van der Waals surface area contributed by atoms with Crippen molar-refractivity contribution in [2.45, 2.75) is 32.1 Å². The van der Waals surface area contributed by atoms with Crippen LogP contribution < -0.4 is 10.6 Å². The third-order valence-corrected chi connectivity index (χ3v) is 4.68. The van der Waals surface area contributed by atoms with Crippen molar-refractivity contribution < 1.29 is 14.7 Å². The number of fused-ring (bicyclic) bond motifs is 1. The molecule has 1 aromatic carbocycles. The first-order valence-electron chi connectivity index (χ1n) is 7.49. The van der Waals surface area contributed by atoms with Crippen molar-refractivity contribution in [3.63, 3.8) is 0 Å². The van der Waals surface area contributed by atoms with Gasteiger partial charge in [-0.1, -0.05) is 18.9 Å². The van der Waals surface area contributed by atoms with E-state index in [1.165, 1.54) is 5.56 Å². The molecule has 1 fully saturated rings. The minimum Gasteiger partial charge on any atom is -0.481 e.